The SMILES string of the molecule is O=C(/C=C/c1ccccc1F)Nc1cccc(N2CCCC2=O)c1. The van der Waals surface area contributed by atoms with Crippen LogP contribution < -0.4 is 10.2 Å². The molecule has 1 aliphatic heterocycles. The molecule has 1 N–H and O–H groups in total. The highest BCUT2D eigenvalue weighted by Gasteiger charge is 2.21. The molecular formula is C19H17FN2O2. The number of amides is 2. The van der Waals surface area contributed by atoms with Gasteiger partial charge in [-0.25, -0.2) is 4.39 Å². The van der Waals surface area contributed by atoms with Crippen LogP contribution in [-0.2, 0) is 9.59 Å². The first-order valence-corrected chi connectivity index (χ1v) is 7.77. The lowest BCUT2D eigenvalue weighted by molar-refractivity contribution is -0.117. The van der Waals surface area contributed by atoms with Gasteiger partial charge in [-0.3, -0.25) is 9.59 Å². The highest BCUT2D eigenvalue weighted by Crippen LogP contribution is 2.24. The first kappa shape index (κ1) is 15.9. The number of benzene rings is 2. The van der Waals surface area contributed by atoms with E-state index in [0.29, 0.717) is 24.2 Å². The molecule has 2 amide bonds. The second-order valence-corrected chi connectivity index (χ2v) is 5.54. The molecule has 24 heavy (non-hydrogen) atoms. The Kier molecular flexibility index (Phi) is 4.70. The van der Waals surface area contributed by atoms with Crippen LogP contribution in [0.5, 0.6) is 0 Å². The molecule has 3 rings (SSSR count). The standard InChI is InChI=1S/C19H17FN2O2/c20-17-8-2-1-5-14(17)10-11-18(23)21-15-6-3-7-16(13-15)22-12-4-9-19(22)24/h1-3,5-8,10-11,13H,4,9,12H2,(H,21,23)/b11-10+. The molecule has 122 valence electrons. The van der Waals surface area contributed by atoms with Crippen LogP contribution in [-0.4, -0.2) is 18.4 Å². The first-order chi connectivity index (χ1) is 11.6. The average Bonchev–Trinajstić information content (AvgIpc) is 3.00. The molecule has 1 saturated heterocycles. The summed E-state index contributed by atoms with van der Waals surface area (Å²) in [5.41, 5.74) is 1.72. The summed E-state index contributed by atoms with van der Waals surface area (Å²) in [6.07, 6.45) is 4.12. The summed E-state index contributed by atoms with van der Waals surface area (Å²) in [6, 6.07) is 13.4. The van der Waals surface area contributed by atoms with Gasteiger partial charge in [0.1, 0.15) is 5.82 Å². The van der Waals surface area contributed by atoms with Gasteiger partial charge in [0.05, 0.1) is 0 Å². The minimum absolute atomic E-state index is 0.0953. The Morgan fingerprint density at radius 1 is 1.17 bits per heavy atom. The molecule has 1 fully saturated rings. The molecule has 1 heterocycles. The smallest absolute Gasteiger partial charge is 0.248 e. The third-order valence-electron chi connectivity index (χ3n) is 3.82. The number of nitrogens with zero attached hydrogens (tertiary/aromatic N) is 1. The van der Waals surface area contributed by atoms with Crippen LogP contribution in [0.1, 0.15) is 18.4 Å². The van der Waals surface area contributed by atoms with E-state index >= 15 is 0 Å². The van der Waals surface area contributed by atoms with Crippen molar-refractivity contribution in [3.63, 3.8) is 0 Å². The third kappa shape index (κ3) is 3.68. The molecular weight excluding hydrogens is 307 g/mol. The van der Waals surface area contributed by atoms with Crippen LogP contribution in [0.3, 0.4) is 0 Å². The number of nitrogens with one attached hydrogen (secondary N) is 1. The number of hydrogen-bond donors (Lipinski definition) is 1. The van der Waals surface area contributed by atoms with Gasteiger partial charge in [0.25, 0.3) is 0 Å². The number of carbonyl (C=O) groups excluding carboxylic acids is 2. The summed E-state index contributed by atoms with van der Waals surface area (Å²) < 4.78 is 13.5. The monoisotopic (exact) mass is 324 g/mol. The second kappa shape index (κ2) is 7.08. The van der Waals surface area contributed by atoms with Crippen LogP contribution in [0.15, 0.2) is 54.6 Å². The number of carbonyl (C=O) groups is 2. The summed E-state index contributed by atoms with van der Waals surface area (Å²) in [5, 5.41) is 2.72. The van der Waals surface area contributed by atoms with Crippen molar-refractivity contribution in [2.45, 2.75) is 12.8 Å². The van der Waals surface area contributed by atoms with Crippen molar-refractivity contribution in [2.24, 2.45) is 0 Å². The van der Waals surface area contributed by atoms with Gasteiger partial charge in [-0.2, -0.15) is 0 Å². The predicted molar refractivity (Wildman–Crippen MR) is 92.1 cm³/mol. The van der Waals surface area contributed by atoms with Crippen molar-refractivity contribution < 1.29 is 14.0 Å². The van der Waals surface area contributed by atoms with Gasteiger partial charge < -0.3 is 10.2 Å². The summed E-state index contributed by atoms with van der Waals surface area (Å²) in [6.45, 7) is 0.698. The van der Waals surface area contributed by atoms with E-state index in [1.165, 1.54) is 18.2 Å². The quantitative estimate of drug-likeness (QED) is 0.874. The Morgan fingerprint density at radius 2 is 2.00 bits per heavy atom. The fourth-order valence-electron chi connectivity index (χ4n) is 2.63. The van der Waals surface area contributed by atoms with Gasteiger partial charge in [-0.05, 0) is 36.8 Å². The highest BCUT2D eigenvalue weighted by atomic mass is 19.1. The van der Waals surface area contributed by atoms with Crippen molar-refractivity contribution in [2.75, 3.05) is 16.8 Å². The number of halogens is 1. The molecule has 4 nitrogen and oxygen atoms in total. The Balaban J connectivity index is 1.68. The minimum atomic E-state index is -0.379. The fraction of sp³-hybridized carbons (Fsp3) is 0.158. The lowest BCUT2D eigenvalue weighted by Crippen LogP contribution is -2.23. The lowest BCUT2D eigenvalue weighted by Gasteiger charge is -2.16. The van der Waals surface area contributed by atoms with Gasteiger partial charge in [-0.1, -0.05) is 24.3 Å². The fourth-order valence-corrected chi connectivity index (χ4v) is 2.63. The zero-order chi connectivity index (χ0) is 16.9. The Morgan fingerprint density at radius 3 is 2.75 bits per heavy atom. The van der Waals surface area contributed by atoms with Crippen LogP contribution in [0.2, 0.25) is 0 Å². The summed E-state index contributed by atoms with van der Waals surface area (Å²) in [7, 11) is 0. The predicted octanol–water partition coefficient (Wildman–Crippen LogP) is 3.60. The van der Waals surface area contributed by atoms with Crippen molar-refractivity contribution in [3.05, 3.63) is 66.0 Å². The second-order valence-electron chi connectivity index (χ2n) is 5.54. The van der Waals surface area contributed by atoms with Crippen molar-refractivity contribution in [3.8, 4) is 0 Å². The molecule has 0 bridgehead atoms. The summed E-state index contributed by atoms with van der Waals surface area (Å²) in [5.74, 6) is -0.642. The van der Waals surface area contributed by atoms with Gasteiger partial charge in [0, 0.05) is 36.0 Å². The van der Waals surface area contributed by atoms with Gasteiger partial charge in [0.15, 0.2) is 0 Å². The molecule has 0 aliphatic carbocycles. The van der Waals surface area contributed by atoms with E-state index in [1.807, 2.05) is 6.07 Å². The largest absolute Gasteiger partial charge is 0.322 e. The first-order valence-electron chi connectivity index (χ1n) is 7.77. The molecule has 0 aromatic heterocycles. The van der Waals surface area contributed by atoms with Crippen molar-refractivity contribution >= 4 is 29.3 Å². The molecule has 0 unspecified atom stereocenters. The maximum atomic E-state index is 13.5. The van der Waals surface area contributed by atoms with Gasteiger partial charge >= 0.3 is 0 Å². The van der Waals surface area contributed by atoms with Crippen LogP contribution in [0.25, 0.3) is 6.08 Å². The Hall–Kier alpha value is -2.95. The normalized spacial score (nSPS) is 14.4. The molecule has 0 saturated carbocycles. The zero-order valence-electron chi connectivity index (χ0n) is 13.0. The molecule has 2 aromatic carbocycles. The van der Waals surface area contributed by atoms with Gasteiger partial charge in [-0.15, -0.1) is 0 Å². The number of anilines is 2. The van der Waals surface area contributed by atoms with E-state index in [-0.39, 0.29) is 17.6 Å². The van der Waals surface area contributed by atoms with Crippen LogP contribution in [0.4, 0.5) is 15.8 Å². The Labute approximate surface area is 139 Å². The average molecular weight is 324 g/mol. The van der Waals surface area contributed by atoms with Crippen LogP contribution in [0, 0.1) is 5.82 Å². The zero-order valence-corrected chi connectivity index (χ0v) is 13.0. The van der Waals surface area contributed by atoms with E-state index in [2.05, 4.69) is 5.32 Å². The van der Waals surface area contributed by atoms with E-state index in [4.69, 9.17) is 0 Å². The lowest BCUT2D eigenvalue weighted by atomic mass is 10.2. The van der Waals surface area contributed by atoms with Gasteiger partial charge in [0.2, 0.25) is 11.8 Å². The molecule has 0 atom stereocenters. The van der Waals surface area contributed by atoms with Crippen molar-refractivity contribution in [1.29, 1.82) is 0 Å². The van der Waals surface area contributed by atoms with E-state index < -0.39 is 0 Å². The molecule has 0 spiro atoms. The highest BCUT2D eigenvalue weighted by molar-refractivity contribution is 6.02. The van der Waals surface area contributed by atoms with Crippen molar-refractivity contribution in [1.82, 2.24) is 0 Å². The molecule has 2 aromatic rings. The maximum Gasteiger partial charge on any atom is 0.248 e. The molecule has 5 heteroatoms. The van der Waals surface area contributed by atoms with E-state index in [1.54, 1.807) is 41.3 Å². The third-order valence-corrected chi connectivity index (χ3v) is 3.82. The van der Waals surface area contributed by atoms with E-state index in [0.717, 1.165) is 12.1 Å². The molecule has 1 aliphatic rings. The van der Waals surface area contributed by atoms with E-state index in [9.17, 15) is 14.0 Å². The summed E-state index contributed by atoms with van der Waals surface area (Å²) >= 11 is 0. The minimum Gasteiger partial charge on any atom is -0.322 e. The Bertz CT molecular complexity index is 801. The summed E-state index contributed by atoms with van der Waals surface area (Å²) in [4.78, 5) is 25.5. The number of rotatable bonds is 4. The van der Waals surface area contributed by atoms with Crippen LogP contribution >= 0.6 is 0 Å². The topological polar surface area (TPSA) is 49.4 Å². The molecule has 0 radical (unpaired) electrons. The maximum absolute atomic E-state index is 13.5. The number of hydrogen-bond acceptors (Lipinski definition) is 2.